The average Bonchev–Trinajstić information content (AvgIpc) is 3.39. The molecule has 164 valence electrons. The Kier molecular flexibility index (Phi) is 4.64. The summed E-state index contributed by atoms with van der Waals surface area (Å²) < 4.78 is 11.1. The first kappa shape index (κ1) is 19.8. The van der Waals surface area contributed by atoms with Gasteiger partial charge in [-0.2, -0.15) is 4.98 Å². The zero-order valence-corrected chi connectivity index (χ0v) is 18.3. The number of ether oxygens (including phenoxy) is 1. The van der Waals surface area contributed by atoms with Gasteiger partial charge in [-0.25, -0.2) is 9.78 Å². The first-order chi connectivity index (χ1) is 14.8. The van der Waals surface area contributed by atoms with Crippen LogP contribution in [-0.2, 0) is 4.74 Å². The van der Waals surface area contributed by atoms with Gasteiger partial charge >= 0.3 is 6.09 Å². The Morgan fingerprint density at radius 2 is 2.03 bits per heavy atom. The fourth-order valence-corrected chi connectivity index (χ4v) is 4.84. The molecule has 1 amide bonds. The maximum Gasteiger partial charge on any atom is 0.410 e. The van der Waals surface area contributed by atoms with E-state index in [1.54, 1.807) is 13.1 Å². The van der Waals surface area contributed by atoms with Crippen LogP contribution in [0.3, 0.4) is 0 Å². The van der Waals surface area contributed by atoms with Crippen molar-refractivity contribution in [3.8, 4) is 11.5 Å². The number of pyridine rings is 1. The smallest absolute Gasteiger partial charge is 0.410 e. The van der Waals surface area contributed by atoms with Gasteiger partial charge < -0.3 is 24.5 Å². The van der Waals surface area contributed by atoms with E-state index in [0.29, 0.717) is 11.7 Å². The summed E-state index contributed by atoms with van der Waals surface area (Å²) in [6.07, 6.45) is 7.19. The molecule has 0 unspecified atom stereocenters. The van der Waals surface area contributed by atoms with Crippen LogP contribution in [0.4, 0.5) is 10.5 Å². The van der Waals surface area contributed by atoms with E-state index in [4.69, 9.17) is 9.26 Å². The number of aryl methyl sites for hydroxylation is 1. The topological polar surface area (TPSA) is 109 Å². The number of fused-ring (bicyclic) bond motifs is 3. The van der Waals surface area contributed by atoms with E-state index in [2.05, 4.69) is 25.4 Å². The molecule has 0 saturated carbocycles. The van der Waals surface area contributed by atoms with Crippen molar-refractivity contribution >= 4 is 22.8 Å². The number of anilines is 1. The highest BCUT2D eigenvalue weighted by molar-refractivity contribution is 5.97. The Labute approximate surface area is 180 Å². The number of aromatic nitrogens is 4. The number of aromatic amines is 1. The SMILES string of the molecule is Cc1noc(-c2cnc3[nH]ccc3c2N[C@H]2C[C@H]3CC[C@@H](C2)N3C(=O)OC(C)(C)C)n1. The average molecular weight is 425 g/mol. The highest BCUT2D eigenvalue weighted by Gasteiger charge is 2.45. The molecule has 9 nitrogen and oxygen atoms in total. The summed E-state index contributed by atoms with van der Waals surface area (Å²) in [7, 11) is 0. The van der Waals surface area contributed by atoms with Gasteiger partial charge in [-0.05, 0) is 59.4 Å². The Bertz CT molecular complexity index is 1100. The fourth-order valence-electron chi connectivity index (χ4n) is 4.84. The summed E-state index contributed by atoms with van der Waals surface area (Å²) in [4.78, 5) is 26.8. The lowest BCUT2D eigenvalue weighted by Gasteiger charge is -2.40. The van der Waals surface area contributed by atoms with Crippen molar-refractivity contribution in [3.63, 3.8) is 0 Å². The Morgan fingerprint density at radius 1 is 1.29 bits per heavy atom. The van der Waals surface area contributed by atoms with Gasteiger partial charge in [0, 0.05) is 35.9 Å². The molecule has 2 aliphatic rings. The first-order valence-corrected chi connectivity index (χ1v) is 10.8. The number of hydrogen-bond acceptors (Lipinski definition) is 7. The molecular weight excluding hydrogens is 396 g/mol. The molecule has 3 aromatic rings. The second kappa shape index (κ2) is 7.25. The third-order valence-corrected chi connectivity index (χ3v) is 6.03. The van der Waals surface area contributed by atoms with Gasteiger partial charge in [0.2, 0.25) is 0 Å². The molecule has 5 rings (SSSR count). The van der Waals surface area contributed by atoms with Crippen LogP contribution >= 0.6 is 0 Å². The zero-order chi connectivity index (χ0) is 21.8. The highest BCUT2D eigenvalue weighted by atomic mass is 16.6. The van der Waals surface area contributed by atoms with Gasteiger partial charge in [-0.1, -0.05) is 5.16 Å². The summed E-state index contributed by atoms with van der Waals surface area (Å²) >= 11 is 0. The lowest BCUT2D eigenvalue weighted by atomic mass is 9.96. The minimum absolute atomic E-state index is 0.184. The minimum Gasteiger partial charge on any atom is -0.444 e. The van der Waals surface area contributed by atoms with Gasteiger partial charge in [0.25, 0.3) is 5.89 Å². The van der Waals surface area contributed by atoms with Gasteiger partial charge in [0.05, 0.1) is 11.3 Å². The van der Waals surface area contributed by atoms with Crippen molar-refractivity contribution in [2.75, 3.05) is 5.32 Å². The molecule has 0 radical (unpaired) electrons. The molecule has 31 heavy (non-hydrogen) atoms. The number of hydrogen-bond donors (Lipinski definition) is 2. The van der Waals surface area contributed by atoms with E-state index in [1.165, 1.54) is 0 Å². The van der Waals surface area contributed by atoms with Crippen LogP contribution in [0.15, 0.2) is 23.0 Å². The fraction of sp³-hybridized carbons (Fsp3) is 0.545. The van der Waals surface area contributed by atoms with Crippen LogP contribution in [-0.4, -0.2) is 54.8 Å². The number of nitrogens with zero attached hydrogens (tertiary/aromatic N) is 4. The van der Waals surface area contributed by atoms with Crippen molar-refractivity contribution in [2.45, 2.75) is 77.1 Å². The second-order valence-corrected chi connectivity index (χ2v) is 9.52. The standard InChI is InChI=1S/C22H28N6O3/c1-12-25-20(31-27-12)17-11-24-19-16(7-8-23-19)18(17)26-13-9-14-5-6-15(10-13)28(14)21(29)30-22(2,3)4/h7-8,11,13-15H,5-6,9-10H2,1-4H3,(H2,23,24,26)/t13-,14+,15-. The van der Waals surface area contributed by atoms with Gasteiger partial charge in [-0.3, -0.25) is 0 Å². The molecule has 5 heterocycles. The molecule has 2 aliphatic heterocycles. The molecule has 0 spiro atoms. The Hall–Kier alpha value is -3.10. The summed E-state index contributed by atoms with van der Waals surface area (Å²) in [6.45, 7) is 7.53. The number of nitrogens with one attached hydrogen (secondary N) is 2. The quantitative estimate of drug-likeness (QED) is 0.646. The highest BCUT2D eigenvalue weighted by Crippen LogP contribution is 2.40. The molecule has 2 N–H and O–H groups in total. The molecule has 0 aromatic carbocycles. The van der Waals surface area contributed by atoms with Crippen LogP contribution in [0, 0.1) is 6.92 Å². The Balaban J connectivity index is 1.41. The normalized spacial score (nSPS) is 23.4. The predicted molar refractivity (Wildman–Crippen MR) is 116 cm³/mol. The number of amides is 1. The summed E-state index contributed by atoms with van der Waals surface area (Å²) in [5, 5.41) is 8.64. The number of piperidine rings is 1. The van der Waals surface area contributed by atoms with Crippen molar-refractivity contribution in [1.29, 1.82) is 0 Å². The van der Waals surface area contributed by atoms with Gasteiger partial charge in [0.15, 0.2) is 5.82 Å². The molecule has 3 atom stereocenters. The van der Waals surface area contributed by atoms with E-state index in [0.717, 1.165) is 48.0 Å². The van der Waals surface area contributed by atoms with E-state index < -0.39 is 5.60 Å². The number of carbonyl (C=O) groups is 1. The van der Waals surface area contributed by atoms with Crippen LogP contribution in [0.5, 0.6) is 0 Å². The van der Waals surface area contributed by atoms with Crippen molar-refractivity contribution in [3.05, 3.63) is 24.3 Å². The Morgan fingerprint density at radius 3 is 2.68 bits per heavy atom. The lowest BCUT2D eigenvalue weighted by Crippen LogP contribution is -2.51. The molecule has 2 fully saturated rings. The summed E-state index contributed by atoms with van der Waals surface area (Å²) in [5.74, 6) is 1.03. The van der Waals surface area contributed by atoms with Crippen molar-refractivity contribution in [2.24, 2.45) is 0 Å². The lowest BCUT2D eigenvalue weighted by molar-refractivity contribution is 0.00684. The van der Waals surface area contributed by atoms with Crippen LogP contribution in [0.1, 0.15) is 52.3 Å². The molecule has 2 saturated heterocycles. The van der Waals surface area contributed by atoms with E-state index in [1.807, 2.05) is 37.9 Å². The van der Waals surface area contributed by atoms with E-state index in [-0.39, 0.29) is 24.2 Å². The van der Waals surface area contributed by atoms with Crippen molar-refractivity contribution < 1.29 is 14.1 Å². The zero-order valence-electron chi connectivity index (χ0n) is 18.3. The van der Waals surface area contributed by atoms with Gasteiger partial charge in [0.1, 0.15) is 11.2 Å². The molecular formula is C22H28N6O3. The third-order valence-electron chi connectivity index (χ3n) is 6.03. The molecule has 3 aromatic heterocycles. The maximum absolute atomic E-state index is 12.8. The van der Waals surface area contributed by atoms with Crippen LogP contribution in [0.2, 0.25) is 0 Å². The second-order valence-electron chi connectivity index (χ2n) is 9.52. The van der Waals surface area contributed by atoms with Crippen LogP contribution in [0.25, 0.3) is 22.5 Å². The summed E-state index contributed by atoms with van der Waals surface area (Å²) in [6, 6.07) is 2.59. The minimum atomic E-state index is -0.486. The largest absolute Gasteiger partial charge is 0.444 e. The van der Waals surface area contributed by atoms with Crippen molar-refractivity contribution in [1.82, 2.24) is 25.0 Å². The van der Waals surface area contributed by atoms with Gasteiger partial charge in [-0.15, -0.1) is 0 Å². The third kappa shape index (κ3) is 3.73. The predicted octanol–water partition coefficient (Wildman–Crippen LogP) is 4.26. The molecule has 0 aliphatic carbocycles. The first-order valence-electron chi connectivity index (χ1n) is 10.8. The van der Waals surface area contributed by atoms with E-state index in [9.17, 15) is 4.79 Å². The maximum atomic E-state index is 12.8. The molecule has 2 bridgehead atoms. The van der Waals surface area contributed by atoms with Crippen LogP contribution < -0.4 is 5.32 Å². The number of rotatable bonds is 3. The molecule has 9 heteroatoms. The number of H-pyrrole nitrogens is 1. The summed E-state index contributed by atoms with van der Waals surface area (Å²) in [5.41, 5.74) is 2.04. The van der Waals surface area contributed by atoms with E-state index >= 15 is 0 Å². The number of carbonyl (C=O) groups excluding carboxylic acids is 1. The monoisotopic (exact) mass is 424 g/mol.